The van der Waals surface area contributed by atoms with Gasteiger partial charge in [-0.2, -0.15) is 0 Å². The second-order valence-corrected chi connectivity index (χ2v) is 6.72. The molecule has 0 aromatic heterocycles. The minimum Gasteiger partial charge on any atom is -0.378 e. The molecule has 0 spiro atoms. The van der Waals surface area contributed by atoms with Crippen LogP contribution in [-0.4, -0.2) is 37.2 Å². The van der Waals surface area contributed by atoms with E-state index in [1.165, 1.54) is 9.13 Å². The molecule has 1 fully saturated rings. The van der Waals surface area contributed by atoms with Gasteiger partial charge in [0.25, 0.3) is 0 Å². The average Bonchev–Trinajstić information content (AvgIpc) is 2.48. The minimum absolute atomic E-state index is 0.432. The van der Waals surface area contributed by atoms with Crippen molar-refractivity contribution < 1.29 is 4.74 Å². The van der Waals surface area contributed by atoms with E-state index in [0.717, 1.165) is 45.5 Å². The molecule has 0 bridgehead atoms. The van der Waals surface area contributed by atoms with Crippen LogP contribution in [0.1, 0.15) is 37.8 Å². The van der Waals surface area contributed by atoms with Crippen LogP contribution >= 0.6 is 22.6 Å². The lowest BCUT2D eigenvalue weighted by Gasteiger charge is -2.36. The summed E-state index contributed by atoms with van der Waals surface area (Å²) in [5.41, 5.74) is 6.90. The van der Waals surface area contributed by atoms with Gasteiger partial charge in [-0.1, -0.05) is 12.1 Å². The highest BCUT2D eigenvalue weighted by molar-refractivity contribution is 14.1. The van der Waals surface area contributed by atoms with Crippen molar-refractivity contribution in [3.8, 4) is 0 Å². The number of hydrogen-bond acceptors (Lipinski definition) is 3. The van der Waals surface area contributed by atoms with Gasteiger partial charge in [0.1, 0.15) is 0 Å². The predicted octanol–water partition coefficient (Wildman–Crippen LogP) is 3.18. The summed E-state index contributed by atoms with van der Waals surface area (Å²) in [5, 5.41) is 0. The highest BCUT2D eigenvalue weighted by Crippen LogP contribution is 2.25. The van der Waals surface area contributed by atoms with Crippen molar-refractivity contribution in [2.24, 2.45) is 5.73 Å². The zero-order valence-electron chi connectivity index (χ0n) is 12.2. The highest BCUT2D eigenvalue weighted by atomic mass is 127. The molecule has 2 N–H and O–H groups in total. The minimum atomic E-state index is 0.432. The first-order chi connectivity index (χ1) is 9.70. The Morgan fingerprint density at radius 1 is 1.30 bits per heavy atom. The van der Waals surface area contributed by atoms with Crippen LogP contribution in [0.25, 0.3) is 0 Å². The topological polar surface area (TPSA) is 38.5 Å². The van der Waals surface area contributed by atoms with Gasteiger partial charge in [-0.15, -0.1) is 0 Å². The molecule has 1 aliphatic rings. The molecule has 2 rings (SSSR count). The van der Waals surface area contributed by atoms with Gasteiger partial charge in [-0.3, -0.25) is 4.90 Å². The van der Waals surface area contributed by atoms with Gasteiger partial charge >= 0.3 is 0 Å². The maximum absolute atomic E-state index is 5.87. The van der Waals surface area contributed by atoms with Gasteiger partial charge in [-0.25, -0.2) is 0 Å². The Labute approximate surface area is 136 Å². The molecule has 1 aromatic carbocycles. The SMILES string of the molecule is CC(c1ccc(I)cc1)N1CCC(OCCCN)CC1. The van der Waals surface area contributed by atoms with Crippen LogP contribution in [0.3, 0.4) is 0 Å². The summed E-state index contributed by atoms with van der Waals surface area (Å²) in [5.74, 6) is 0. The first kappa shape index (κ1) is 16.2. The molecule has 4 heteroatoms. The molecule has 1 heterocycles. The number of piperidine rings is 1. The summed E-state index contributed by atoms with van der Waals surface area (Å²) in [6.07, 6.45) is 3.68. The Hall–Kier alpha value is -0.170. The molecule has 0 radical (unpaired) electrons. The number of ether oxygens (including phenoxy) is 1. The summed E-state index contributed by atoms with van der Waals surface area (Å²) in [6.45, 7) is 6.09. The number of likely N-dealkylation sites (tertiary alicyclic amines) is 1. The van der Waals surface area contributed by atoms with Crippen LogP contribution in [0.2, 0.25) is 0 Å². The first-order valence-electron chi connectivity index (χ1n) is 7.52. The van der Waals surface area contributed by atoms with Crippen LogP contribution < -0.4 is 5.73 Å². The summed E-state index contributed by atoms with van der Waals surface area (Å²) < 4.78 is 7.16. The molecule has 20 heavy (non-hydrogen) atoms. The van der Waals surface area contributed by atoms with Crippen LogP contribution in [0, 0.1) is 3.57 Å². The van der Waals surface area contributed by atoms with Gasteiger partial charge in [0.05, 0.1) is 6.10 Å². The Morgan fingerprint density at radius 3 is 2.55 bits per heavy atom. The molecule has 1 aliphatic heterocycles. The first-order valence-corrected chi connectivity index (χ1v) is 8.59. The van der Waals surface area contributed by atoms with Crippen molar-refractivity contribution in [3.05, 3.63) is 33.4 Å². The largest absolute Gasteiger partial charge is 0.378 e. The standard InChI is InChI=1S/C16H25IN2O/c1-13(14-3-5-15(17)6-4-14)19-10-7-16(8-11-19)20-12-2-9-18/h3-6,13,16H,2,7-12,18H2,1H3. The molecular weight excluding hydrogens is 363 g/mol. The van der Waals surface area contributed by atoms with Gasteiger partial charge in [0, 0.05) is 29.3 Å². The zero-order valence-corrected chi connectivity index (χ0v) is 14.4. The molecule has 0 amide bonds. The normalized spacial score (nSPS) is 19.1. The van der Waals surface area contributed by atoms with E-state index in [-0.39, 0.29) is 0 Å². The van der Waals surface area contributed by atoms with Crippen molar-refractivity contribution in [2.45, 2.75) is 38.3 Å². The molecule has 112 valence electrons. The third kappa shape index (κ3) is 4.69. The lowest BCUT2D eigenvalue weighted by atomic mass is 10.0. The van der Waals surface area contributed by atoms with E-state index in [4.69, 9.17) is 10.5 Å². The van der Waals surface area contributed by atoms with E-state index in [9.17, 15) is 0 Å². The van der Waals surface area contributed by atoms with E-state index in [1.807, 2.05) is 0 Å². The molecule has 3 nitrogen and oxygen atoms in total. The van der Waals surface area contributed by atoms with E-state index in [1.54, 1.807) is 0 Å². The zero-order chi connectivity index (χ0) is 14.4. The molecule has 1 atom stereocenters. The molecule has 0 saturated carbocycles. The molecule has 1 unspecified atom stereocenters. The highest BCUT2D eigenvalue weighted by Gasteiger charge is 2.23. The second kappa shape index (κ2) is 8.32. The summed E-state index contributed by atoms with van der Waals surface area (Å²) in [7, 11) is 0. The van der Waals surface area contributed by atoms with Crippen LogP contribution in [-0.2, 0) is 4.74 Å². The Bertz CT molecular complexity index is 388. The van der Waals surface area contributed by atoms with E-state index >= 15 is 0 Å². The number of nitrogens with zero attached hydrogens (tertiary/aromatic N) is 1. The fourth-order valence-electron chi connectivity index (χ4n) is 2.72. The number of nitrogens with two attached hydrogens (primary N) is 1. The van der Waals surface area contributed by atoms with Crippen molar-refractivity contribution >= 4 is 22.6 Å². The molecule has 0 aliphatic carbocycles. The van der Waals surface area contributed by atoms with Gasteiger partial charge in [0.2, 0.25) is 0 Å². The predicted molar refractivity (Wildman–Crippen MR) is 91.8 cm³/mol. The monoisotopic (exact) mass is 388 g/mol. The van der Waals surface area contributed by atoms with Gasteiger partial charge in [-0.05, 0) is 73.0 Å². The quantitative estimate of drug-likeness (QED) is 0.601. The fraction of sp³-hybridized carbons (Fsp3) is 0.625. The van der Waals surface area contributed by atoms with Crippen LogP contribution in [0.15, 0.2) is 24.3 Å². The number of rotatable bonds is 6. The second-order valence-electron chi connectivity index (χ2n) is 5.48. The maximum atomic E-state index is 5.87. The van der Waals surface area contributed by atoms with E-state index in [2.05, 4.69) is 58.7 Å². The van der Waals surface area contributed by atoms with E-state index in [0.29, 0.717) is 12.1 Å². The molecule has 1 aromatic rings. The lowest BCUT2D eigenvalue weighted by Crippen LogP contribution is -2.38. The van der Waals surface area contributed by atoms with Crippen LogP contribution in [0.5, 0.6) is 0 Å². The van der Waals surface area contributed by atoms with Crippen molar-refractivity contribution in [1.29, 1.82) is 0 Å². The number of hydrogen-bond donors (Lipinski definition) is 1. The van der Waals surface area contributed by atoms with Crippen molar-refractivity contribution in [1.82, 2.24) is 4.90 Å². The smallest absolute Gasteiger partial charge is 0.0599 e. The van der Waals surface area contributed by atoms with Gasteiger partial charge < -0.3 is 10.5 Å². The van der Waals surface area contributed by atoms with Crippen molar-refractivity contribution in [3.63, 3.8) is 0 Å². The van der Waals surface area contributed by atoms with Crippen molar-refractivity contribution in [2.75, 3.05) is 26.2 Å². The number of benzene rings is 1. The molecular formula is C16H25IN2O. The number of halogens is 1. The average molecular weight is 388 g/mol. The van der Waals surface area contributed by atoms with E-state index < -0.39 is 0 Å². The lowest BCUT2D eigenvalue weighted by molar-refractivity contribution is -0.000748. The molecule has 1 saturated heterocycles. The summed E-state index contributed by atoms with van der Waals surface area (Å²) in [4.78, 5) is 2.56. The fourth-order valence-corrected chi connectivity index (χ4v) is 3.07. The van der Waals surface area contributed by atoms with Crippen LogP contribution in [0.4, 0.5) is 0 Å². The Balaban J connectivity index is 1.79. The summed E-state index contributed by atoms with van der Waals surface area (Å²) >= 11 is 2.35. The maximum Gasteiger partial charge on any atom is 0.0599 e. The Kier molecular flexibility index (Phi) is 6.74. The third-order valence-electron chi connectivity index (χ3n) is 4.08. The third-order valence-corrected chi connectivity index (χ3v) is 4.80. The Morgan fingerprint density at radius 2 is 1.95 bits per heavy atom. The van der Waals surface area contributed by atoms with Gasteiger partial charge in [0.15, 0.2) is 0 Å². The summed E-state index contributed by atoms with van der Waals surface area (Å²) in [6, 6.07) is 9.37.